The van der Waals surface area contributed by atoms with Crippen LogP contribution in [-0.4, -0.2) is 39.3 Å². The van der Waals surface area contributed by atoms with Gasteiger partial charge in [0.25, 0.3) is 0 Å². The molecule has 4 rings (SSSR count). The molecule has 1 aliphatic heterocycles. The largest absolute Gasteiger partial charge is 0.351 e. The van der Waals surface area contributed by atoms with Crippen molar-refractivity contribution in [1.29, 1.82) is 0 Å². The van der Waals surface area contributed by atoms with Crippen molar-refractivity contribution in [3.63, 3.8) is 0 Å². The van der Waals surface area contributed by atoms with Crippen LogP contribution in [0.15, 0.2) is 4.52 Å². The lowest BCUT2D eigenvalue weighted by molar-refractivity contribution is -0.0606. The Morgan fingerprint density at radius 1 is 1.20 bits per heavy atom. The molecule has 0 bridgehead atoms. The SMILES string of the molecule is CCCCCCCC(CC)C1(C2CCCCC2)CC(C)(c2noc([C@@H]3C[C@@H]3F)n2)CCN1C(N)=O. The molecule has 2 heterocycles. The standard InChI is InChI=1S/C28H47FN4O2/c1-4-6-7-8-10-13-20(5-2)28(21-14-11-9-12-15-21)19-27(3,16-17-33(28)26(30)34)25-31-24(35-32-25)22-18-23(22)29/h20-23H,4-19H2,1-3H3,(H2,30,34)/t20?,22-,23+,27?,28?/m1/s1. The summed E-state index contributed by atoms with van der Waals surface area (Å²) in [7, 11) is 0. The highest BCUT2D eigenvalue weighted by Gasteiger charge is 2.57. The third kappa shape index (κ3) is 5.39. The Morgan fingerprint density at radius 3 is 2.54 bits per heavy atom. The van der Waals surface area contributed by atoms with E-state index in [0.717, 1.165) is 38.5 Å². The van der Waals surface area contributed by atoms with Gasteiger partial charge < -0.3 is 15.2 Å². The van der Waals surface area contributed by atoms with E-state index in [-0.39, 0.29) is 22.9 Å². The Balaban J connectivity index is 1.66. The molecule has 5 atom stereocenters. The molecule has 2 amide bonds. The fraction of sp³-hybridized carbons (Fsp3) is 0.893. The molecule has 7 heteroatoms. The number of hydrogen-bond donors (Lipinski definition) is 1. The van der Waals surface area contributed by atoms with Gasteiger partial charge in [-0.1, -0.05) is 83.7 Å². The minimum absolute atomic E-state index is 0.236. The minimum Gasteiger partial charge on any atom is -0.351 e. The fourth-order valence-corrected chi connectivity index (χ4v) is 7.40. The van der Waals surface area contributed by atoms with Crippen LogP contribution in [0.25, 0.3) is 0 Å². The van der Waals surface area contributed by atoms with E-state index >= 15 is 0 Å². The van der Waals surface area contributed by atoms with Crippen LogP contribution in [0.1, 0.15) is 135 Å². The van der Waals surface area contributed by atoms with E-state index in [9.17, 15) is 9.18 Å². The zero-order valence-electron chi connectivity index (χ0n) is 22.2. The number of nitrogens with two attached hydrogens (primary N) is 1. The summed E-state index contributed by atoms with van der Waals surface area (Å²) in [5.41, 5.74) is 5.52. The number of unbranched alkanes of at least 4 members (excludes halogenated alkanes) is 4. The van der Waals surface area contributed by atoms with E-state index in [1.807, 2.05) is 0 Å². The van der Waals surface area contributed by atoms with E-state index in [1.165, 1.54) is 51.4 Å². The minimum atomic E-state index is -0.855. The van der Waals surface area contributed by atoms with Crippen LogP contribution in [0, 0.1) is 11.8 Å². The Bertz CT molecular complexity index is 841. The summed E-state index contributed by atoms with van der Waals surface area (Å²) in [5, 5.41) is 4.38. The molecule has 0 spiro atoms. The second-order valence-corrected chi connectivity index (χ2v) is 11.9. The van der Waals surface area contributed by atoms with E-state index in [2.05, 4.69) is 30.8 Å². The van der Waals surface area contributed by atoms with Crippen LogP contribution in [0.5, 0.6) is 0 Å². The van der Waals surface area contributed by atoms with Gasteiger partial charge >= 0.3 is 6.03 Å². The first-order valence-corrected chi connectivity index (χ1v) is 14.4. The van der Waals surface area contributed by atoms with Gasteiger partial charge in [-0.3, -0.25) is 0 Å². The summed E-state index contributed by atoms with van der Waals surface area (Å²) in [6.45, 7) is 7.38. The van der Waals surface area contributed by atoms with Crippen molar-refractivity contribution in [2.75, 3.05) is 6.54 Å². The van der Waals surface area contributed by atoms with E-state index in [4.69, 9.17) is 15.2 Å². The zero-order valence-corrected chi connectivity index (χ0v) is 22.2. The third-order valence-electron chi connectivity index (χ3n) is 9.51. The molecule has 2 aliphatic carbocycles. The highest BCUT2D eigenvalue weighted by atomic mass is 19.1. The molecule has 1 aromatic heterocycles. The summed E-state index contributed by atoms with van der Waals surface area (Å²) in [4.78, 5) is 19.8. The molecule has 0 radical (unpaired) electrons. The van der Waals surface area contributed by atoms with Gasteiger partial charge in [0, 0.05) is 12.0 Å². The number of rotatable bonds is 11. The molecule has 2 saturated carbocycles. The number of aromatic nitrogens is 2. The Hall–Kier alpha value is -1.66. The number of urea groups is 1. The molecule has 35 heavy (non-hydrogen) atoms. The predicted molar refractivity (Wildman–Crippen MR) is 136 cm³/mol. The van der Waals surface area contributed by atoms with Crippen molar-refractivity contribution < 1.29 is 13.7 Å². The van der Waals surface area contributed by atoms with Gasteiger partial charge in [0.1, 0.15) is 6.17 Å². The number of nitrogens with zero attached hydrogens (tertiary/aromatic N) is 3. The normalized spacial score (nSPS) is 32.5. The number of hydrogen-bond acceptors (Lipinski definition) is 4. The van der Waals surface area contributed by atoms with Gasteiger partial charge in [-0.05, 0) is 50.4 Å². The monoisotopic (exact) mass is 490 g/mol. The quantitative estimate of drug-likeness (QED) is 0.337. The number of halogens is 1. The molecule has 0 aromatic carbocycles. The zero-order chi connectivity index (χ0) is 25.1. The number of primary amides is 1. The molecule has 1 saturated heterocycles. The maximum absolute atomic E-state index is 13.7. The third-order valence-corrected chi connectivity index (χ3v) is 9.51. The number of likely N-dealkylation sites (tertiary alicyclic amines) is 1. The first kappa shape index (κ1) is 26.4. The number of carbonyl (C=O) groups excluding carboxylic acids is 1. The molecule has 3 fully saturated rings. The molecule has 198 valence electrons. The summed E-state index contributed by atoms with van der Waals surface area (Å²) in [5.74, 6) is 1.73. The van der Waals surface area contributed by atoms with Gasteiger partial charge in [0.15, 0.2) is 5.82 Å². The van der Waals surface area contributed by atoms with E-state index in [0.29, 0.717) is 36.5 Å². The molecule has 1 aromatic rings. The van der Waals surface area contributed by atoms with Crippen LogP contribution in [0.2, 0.25) is 0 Å². The number of carbonyl (C=O) groups is 1. The number of alkyl halides is 1. The van der Waals surface area contributed by atoms with Crippen molar-refractivity contribution in [3.8, 4) is 0 Å². The molecular weight excluding hydrogens is 443 g/mol. The maximum Gasteiger partial charge on any atom is 0.315 e. The van der Waals surface area contributed by atoms with Gasteiger partial charge in [-0.15, -0.1) is 0 Å². The number of piperidine rings is 1. The van der Waals surface area contributed by atoms with Crippen molar-refractivity contribution in [3.05, 3.63) is 11.7 Å². The summed E-state index contributed by atoms with van der Waals surface area (Å²) >= 11 is 0. The maximum atomic E-state index is 13.7. The molecule has 3 unspecified atom stereocenters. The second-order valence-electron chi connectivity index (χ2n) is 11.9. The van der Waals surface area contributed by atoms with Gasteiger partial charge in [0.2, 0.25) is 5.89 Å². The summed E-state index contributed by atoms with van der Waals surface area (Å²) < 4.78 is 19.2. The first-order chi connectivity index (χ1) is 16.9. The van der Waals surface area contributed by atoms with Crippen LogP contribution in [0.4, 0.5) is 9.18 Å². The lowest BCUT2D eigenvalue weighted by Gasteiger charge is -2.60. The predicted octanol–water partition coefficient (Wildman–Crippen LogP) is 7.03. The molecule has 2 N–H and O–H groups in total. The smallest absolute Gasteiger partial charge is 0.315 e. The lowest BCUT2D eigenvalue weighted by Crippen LogP contribution is -2.67. The molecule has 3 aliphatic rings. The van der Waals surface area contributed by atoms with E-state index in [1.54, 1.807) is 0 Å². The number of amides is 2. The van der Waals surface area contributed by atoms with Gasteiger partial charge in [-0.25, -0.2) is 9.18 Å². The van der Waals surface area contributed by atoms with Crippen LogP contribution < -0.4 is 5.73 Å². The lowest BCUT2D eigenvalue weighted by atomic mass is 9.56. The highest BCUT2D eigenvalue weighted by Crippen LogP contribution is 2.54. The molecular formula is C28H47FN4O2. The summed E-state index contributed by atoms with van der Waals surface area (Å²) in [6, 6.07) is -0.283. The van der Waals surface area contributed by atoms with Crippen molar-refractivity contribution in [2.45, 2.75) is 140 Å². The Kier molecular flexibility index (Phi) is 8.42. The van der Waals surface area contributed by atoms with E-state index < -0.39 is 6.17 Å². The topological polar surface area (TPSA) is 85.2 Å². The summed E-state index contributed by atoms with van der Waals surface area (Å²) in [6.07, 6.45) is 15.6. The van der Waals surface area contributed by atoms with Crippen LogP contribution in [0.3, 0.4) is 0 Å². The van der Waals surface area contributed by atoms with Crippen LogP contribution in [-0.2, 0) is 5.41 Å². The Labute approximate surface area is 211 Å². The van der Waals surface area contributed by atoms with Gasteiger partial charge in [0.05, 0.1) is 11.5 Å². The molecule has 6 nitrogen and oxygen atoms in total. The van der Waals surface area contributed by atoms with Crippen molar-refractivity contribution >= 4 is 6.03 Å². The first-order valence-electron chi connectivity index (χ1n) is 14.4. The van der Waals surface area contributed by atoms with Crippen LogP contribution >= 0.6 is 0 Å². The fourth-order valence-electron chi connectivity index (χ4n) is 7.40. The Morgan fingerprint density at radius 2 is 1.91 bits per heavy atom. The van der Waals surface area contributed by atoms with Crippen molar-refractivity contribution in [2.24, 2.45) is 17.6 Å². The average molecular weight is 491 g/mol. The second kappa shape index (κ2) is 11.2. The highest BCUT2D eigenvalue weighted by molar-refractivity contribution is 5.73. The van der Waals surface area contributed by atoms with Crippen molar-refractivity contribution in [1.82, 2.24) is 15.0 Å². The average Bonchev–Trinajstić information content (AvgIpc) is 3.37. The van der Waals surface area contributed by atoms with Gasteiger partial charge in [-0.2, -0.15) is 4.98 Å².